The van der Waals surface area contributed by atoms with Gasteiger partial charge < -0.3 is 14.7 Å². The van der Waals surface area contributed by atoms with Crippen molar-refractivity contribution in [1.29, 1.82) is 0 Å². The number of nitrogens with one attached hydrogen (secondary N) is 1. The lowest BCUT2D eigenvalue weighted by Gasteiger charge is -2.36. The third-order valence-electron chi connectivity index (χ3n) is 5.74. The Bertz CT molecular complexity index is 580. The molecule has 2 aliphatic rings. The zero-order valence-electron chi connectivity index (χ0n) is 18.3. The van der Waals surface area contributed by atoms with Gasteiger partial charge in [-0.05, 0) is 45.2 Å². The molecule has 2 aliphatic heterocycles. The summed E-state index contributed by atoms with van der Waals surface area (Å²) < 4.78 is 4.95. The van der Waals surface area contributed by atoms with E-state index in [1.807, 2.05) is 6.07 Å². The van der Waals surface area contributed by atoms with E-state index in [2.05, 4.69) is 45.9 Å². The number of halogens is 1. The standard InChI is InChI=1S/C21H38N6O.HI/c1-4-22-21(23-16-20(15-18(2)3)26-8-5-6-9-26)27-12-10-25(11-13-27)17-19-7-14-28-24-19;/h7,14,18,20H,4-6,8-13,15-17H2,1-3H3,(H,22,23);1H. The molecule has 29 heavy (non-hydrogen) atoms. The average Bonchev–Trinajstić information content (AvgIpc) is 3.38. The first-order valence-corrected chi connectivity index (χ1v) is 11.0. The normalized spacial score (nSPS) is 20.1. The molecule has 0 radical (unpaired) electrons. The minimum Gasteiger partial charge on any atom is -0.364 e. The molecule has 1 N–H and O–H groups in total. The lowest BCUT2D eigenvalue weighted by molar-refractivity contribution is 0.168. The molecule has 8 heteroatoms. The number of aliphatic imine (C=N–C) groups is 1. The van der Waals surface area contributed by atoms with Crippen molar-refractivity contribution in [2.45, 2.75) is 52.6 Å². The van der Waals surface area contributed by atoms with E-state index >= 15 is 0 Å². The van der Waals surface area contributed by atoms with E-state index < -0.39 is 0 Å². The van der Waals surface area contributed by atoms with Gasteiger partial charge in [0.05, 0.1) is 12.2 Å². The number of guanidine groups is 1. The van der Waals surface area contributed by atoms with Crippen LogP contribution >= 0.6 is 24.0 Å². The van der Waals surface area contributed by atoms with Gasteiger partial charge >= 0.3 is 0 Å². The van der Waals surface area contributed by atoms with E-state index in [9.17, 15) is 0 Å². The maximum Gasteiger partial charge on any atom is 0.194 e. The van der Waals surface area contributed by atoms with Crippen molar-refractivity contribution >= 4 is 29.9 Å². The number of rotatable bonds is 8. The first-order chi connectivity index (χ1) is 13.7. The van der Waals surface area contributed by atoms with Gasteiger partial charge in [-0.3, -0.25) is 14.8 Å². The molecule has 1 aromatic rings. The molecule has 7 nitrogen and oxygen atoms in total. The third kappa shape index (κ3) is 7.71. The fourth-order valence-corrected chi connectivity index (χ4v) is 4.27. The van der Waals surface area contributed by atoms with Crippen LogP contribution in [0.2, 0.25) is 0 Å². The zero-order chi connectivity index (χ0) is 19.8. The topological polar surface area (TPSA) is 60.1 Å². The van der Waals surface area contributed by atoms with E-state index in [0.29, 0.717) is 12.0 Å². The molecule has 0 aliphatic carbocycles. The molecule has 2 fully saturated rings. The van der Waals surface area contributed by atoms with Crippen molar-refractivity contribution in [3.63, 3.8) is 0 Å². The van der Waals surface area contributed by atoms with Crippen LogP contribution < -0.4 is 5.32 Å². The minimum absolute atomic E-state index is 0. The van der Waals surface area contributed by atoms with Crippen molar-refractivity contribution in [2.75, 3.05) is 52.4 Å². The Morgan fingerprint density at radius 1 is 1.17 bits per heavy atom. The van der Waals surface area contributed by atoms with Gasteiger partial charge in [-0.15, -0.1) is 24.0 Å². The zero-order valence-corrected chi connectivity index (χ0v) is 20.7. The maximum atomic E-state index is 5.08. The van der Waals surface area contributed by atoms with Crippen molar-refractivity contribution in [3.05, 3.63) is 18.0 Å². The molecular weight excluding hydrogens is 479 g/mol. The maximum absolute atomic E-state index is 5.08. The Morgan fingerprint density at radius 2 is 1.90 bits per heavy atom. The summed E-state index contributed by atoms with van der Waals surface area (Å²) in [7, 11) is 0. The van der Waals surface area contributed by atoms with Crippen molar-refractivity contribution in [2.24, 2.45) is 10.9 Å². The molecule has 3 rings (SSSR count). The fourth-order valence-electron chi connectivity index (χ4n) is 4.27. The van der Waals surface area contributed by atoms with Gasteiger partial charge in [-0.2, -0.15) is 0 Å². The minimum atomic E-state index is 0. The quantitative estimate of drug-likeness (QED) is 0.325. The van der Waals surface area contributed by atoms with E-state index in [-0.39, 0.29) is 24.0 Å². The Hall–Kier alpha value is -0.870. The molecule has 0 spiro atoms. The average molecular weight is 518 g/mol. The number of hydrogen-bond acceptors (Lipinski definition) is 5. The Balaban J connectivity index is 0.00000300. The van der Waals surface area contributed by atoms with E-state index in [1.165, 1.54) is 32.4 Å². The van der Waals surface area contributed by atoms with Crippen LogP contribution in [0.15, 0.2) is 21.8 Å². The van der Waals surface area contributed by atoms with Crippen LogP contribution in [-0.4, -0.2) is 84.2 Å². The van der Waals surface area contributed by atoms with Crippen LogP contribution in [0.25, 0.3) is 0 Å². The van der Waals surface area contributed by atoms with Crippen molar-refractivity contribution in [1.82, 2.24) is 25.2 Å². The molecule has 1 unspecified atom stereocenters. The predicted molar refractivity (Wildman–Crippen MR) is 129 cm³/mol. The van der Waals surface area contributed by atoms with E-state index in [0.717, 1.165) is 57.5 Å². The highest BCUT2D eigenvalue weighted by Gasteiger charge is 2.24. The number of piperazine rings is 1. The van der Waals surface area contributed by atoms with Gasteiger partial charge in [-0.25, -0.2) is 0 Å². The summed E-state index contributed by atoms with van der Waals surface area (Å²) >= 11 is 0. The SMILES string of the molecule is CCNC(=NCC(CC(C)C)N1CCCC1)N1CCN(Cc2ccon2)CC1.I. The summed E-state index contributed by atoms with van der Waals surface area (Å²) in [6.07, 6.45) is 5.56. The first-order valence-electron chi connectivity index (χ1n) is 11.0. The van der Waals surface area contributed by atoms with Crippen molar-refractivity contribution in [3.8, 4) is 0 Å². The van der Waals surface area contributed by atoms with Crippen LogP contribution in [-0.2, 0) is 6.54 Å². The molecule has 0 aromatic carbocycles. The number of hydrogen-bond donors (Lipinski definition) is 1. The molecule has 0 amide bonds. The van der Waals surface area contributed by atoms with Gasteiger partial charge in [0.15, 0.2) is 5.96 Å². The number of aromatic nitrogens is 1. The highest BCUT2D eigenvalue weighted by Crippen LogP contribution is 2.18. The molecule has 1 atom stereocenters. The molecule has 166 valence electrons. The fraction of sp³-hybridized carbons (Fsp3) is 0.810. The Kier molecular flexibility index (Phi) is 10.7. The van der Waals surface area contributed by atoms with Crippen LogP contribution in [0.3, 0.4) is 0 Å². The lowest BCUT2D eigenvalue weighted by atomic mass is 10.0. The number of nitrogens with zero attached hydrogens (tertiary/aromatic N) is 5. The van der Waals surface area contributed by atoms with Gasteiger partial charge in [0.25, 0.3) is 0 Å². The summed E-state index contributed by atoms with van der Waals surface area (Å²) in [4.78, 5) is 12.6. The lowest BCUT2D eigenvalue weighted by Crippen LogP contribution is -2.52. The van der Waals surface area contributed by atoms with Crippen LogP contribution in [0.4, 0.5) is 0 Å². The second-order valence-corrected chi connectivity index (χ2v) is 8.48. The second kappa shape index (κ2) is 12.7. The van der Waals surface area contributed by atoms with E-state index in [1.54, 1.807) is 6.26 Å². The smallest absolute Gasteiger partial charge is 0.194 e. The highest BCUT2D eigenvalue weighted by atomic mass is 127. The second-order valence-electron chi connectivity index (χ2n) is 8.48. The summed E-state index contributed by atoms with van der Waals surface area (Å²) in [6.45, 7) is 16.0. The summed E-state index contributed by atoms with van der Waals surface area (Å²) in [5, 5.41) is 7.56. The predicted octanol–water partition coefficient (Wildman–Crippen LogP) is 2.89. The van der Waals surface area contributed by atoms with Gasteiger partial charge in [-0.1, -0.05) is 19.0 Å². The Labute approximate surface area is 193 Å². The van der Waals surface area contributed by atoms with Gasteiger partial charge in [0, 0.05) is 51.4 Å². The highest BCUT2D eigenvalue weighted by molar-refractivity contribution is 14.0. The van der Waals surface area contributed by atoms with Crippen LogP contribution in [0.1, 0.15) is 45.7 Å². The van der Waals surface area contributed by atoms with Crippen molar-refractivity contribution < 1.29 is 4.52 Å². The summed E-state index contributed by atoms with van der Waals surface area (Å²) in [5.41, 5.74) is 1.01. The molecule has 3 heterocycles. The molecule has 0 bridgehead atoms. The molecular formula is C21H39IN6O. The summed E-state index contributed by atoms with van der Waals surface area (Å²) in [6, 6.07) is 2.52. The first kappa shape index (κ1) is 24.4. The number of likely N-dealkylation sites (tertiary alicyclic amines) is 1. The largest absolute Gasteiger partial charge is 0.364 e. The molecule has 1 aromatic heterocycles. The third-order valence-corrected chi connectivity index (χ3v) is 5.74. The molecule has 2 saturated heterocycles. The van der Waals surface area contributed by atoms with E-state index in [4.69, 9.17) is 9.52 Å². The summed E-state index contributed by atoms with van der Waals surface area (Å²) in [5.74, 6) is 1.79. The Morgan fingerprint density at radius 3 is 2.48 bits per heavy atom. The van der Waals surface area contributed by atoms with Gasteiger partial charge in [0.2, 0.25) is 0 Å². The van der Waals surface area contributed by atoms with Crippen LogP contribution in [0, 0.1) is 5.92 Å². The van der Waals surface area contributed by atoms with Gasteiger partial charge in [0.1, 0.15) is 6.26 Å². The molecule has 0 saturated carbocycles. The monoisotopic (exact) mass is 518 g/mol. The van der Waals surface area contributed by atoms with Crippen LogP contribution in [0.5, 0.6) is 0 Å².